The van der Waals surface area contributed by atoms with Gasteiger partial charge in [-0.15, -0.1) is 0 Å². The van der Waals surface area contributed by atoms with Crippen molar-refractivity contribution in [3.05, 3.63) is 105 Å². The zero-order valence-corrected chi connectivity index (χ0v) is 19.6. The second kappa shape index (κ2) is 33.1. The van der Waals surface area contributed by atoms with E-state index in [-0.39, 0.29) is 17.4 Å². The Labute approximate surface area is 202 Å². The number of rotatable bonds is 6. The molecule has 1 aromatic carbocycles. The summed E-state index contributed by atoms with van der Waals surface area (Å²) in [7, 11) is 1.75. The summed E-state index contributed by atoms with van der Waals surface area (Å²) >= 11 is 0. The summed E-state index contributed by atoms with van der Waals surface area (Å²) in [6, 6.07) is 10.6. The number of allylic oxidation sites excluding steroid dienone is 5. The SMILES string of the molecule is CCCC1=CC(CCC)=C(c2ccccc2)[CH]C(OC)=C1.[C-]#[O+].[C-]#[O+].[C-]#[O+].[C-]#[O+].[C-]#[O+].[Cr]. The van der Waals surface area contributed by atoms with E-state index in [1.165, 1.54) is 22.3 Å². The molecule has 1 aliphatic carbocycles. The van der Waals surface area contributed by atoms with Gasteiger partial charge in [-0.2, -0.15) is 0 Å². The Hall–Kier alpha value is -2.53. The van der Waals surface area contributed by atoms with E-state index in [1.807, 2.05) is 0 Å². The van der Waals surface area contributed by atoms with Crippen LogP contribution in [0.15, 0.2) is 59.4 Å². The molecule has 0 aliphatic heterocycles. The normalized spacial score (nSPS) is 10.4. The van der Waals surface area contributed by atoms with Crippen molar-refractivity contribution in [1.82, 2.24) is 0 Å². The van der Waals surface area contributed by atoms with Crippen LogP contribution in [0.4, 0.5) is 0 Å². The summed E-state index contributed by atoms with van der Waals surface area (Å²) in [5.41, 5.74) is 5.32. The molecule has 167 valence electrons. The Balaban J connectivity index is -0.000000195. The first kappa shape index (κ1) is 39.9. The van der Waals surface area contributed by atoms with Crippen LogP contribution in [0.1, 0.15) is 45.1 Å². The summed E-state index contributed by atoms with van der Waals surface area (Å²) in [6.07, 6.45) is 11.2. The molecule has 1 aromatic rings. The molecule has 2 rings (SSSR count). The fraction of sp³-hybridized carbons (Fsp3) is 0.280. The molecule has 1 aliphatic rings. The van der Waals surface area contributed by atoms with Crippen molar-refractivity contribution in [2.24, 2.45) is 0 Å². The van der Waals surface area contributed by atoms with Gasteiger partial charge in [-0.3, -0.25) is 0 Å². The number of hydrogen-bond donors (Lipinski definition) is 0. The van der Waals surface area contributed by atoms with Gasteiger partial charge in [0.25, 0.3) is 0 Å². The number of benzene rings is 1. The van der Waals surface area contributed by atoms with Crippen molar-refractivity contribution in [2.75, 3.05) is 7.11 Å². The molecule has 0 atom stereocenters. The van der Waals surface area contributed by atoms with Gasteiger partial charge in [-0.05, 0) is 41.2 Å². The van der Waals surface area contributed by atoms with E-state index < -0.39 is 0 Å². The molecule has 0 heterocycles. The van der Waals surface area contributed by atoms with Crippen LogP contribution in [0.5, 0.6) is 0 Å². The third-order valence-electron chi connectivity index (χ3n) is 3.70. The molecule has 32 heavy (non-hydrogen) atoms. The summed E-state index contributed by atoms with van der Waals surface area (Å²) in [5, 5.41) is 0. The van der Waals surface area contributed by atoms with E-state index in [1.54, 1.807) is 7.11 Å². The van der Waals surface area contributed by atoms with Gasteiger partial charge in [0.05, 0.1) is 13.5 Å². The molecular formula is C25H25CrO6. The summed E-state index contributed by atoms with van der Waals surface area (Å²) in [4.78, 5) is 0. The van der Waals surface area contributed by atoms with Crippen molar-refractivity contribution in [3.8, 4) is 0 Å². The molecule has 7 heteroatoms. The molecule has 6 nitrogen and oxygen atoms in total. The molecular weight excluding hydrogens is 448 g/mol. The van der Waals surface area contributed by atoms with Crippen molar-refractivity contribution >= 4 is 5.57 Å². The Bertz CT molecular complexity index is 730. The van der Waals surface area contributed by atoms with E-state index in [2.05, 4.69) is 96.0 Å². The topological polar surface area (TPSA) is 109 Å². The van der Waals surface area contributed by atoms with Crippen LogP contribution >= 0.6 is 0 Å². The zero-order chi connectivity index (χ0) is 25.1. The van der Waals surface area contributed by atoms with Crippen LogP contribution in [0.2, 0.25) is 0 Å². The van der Waals surface area contributed by atoms with Crippen LogP contribution in [-0.2, 0) is 45.4 Å². The number of ether oxygens (including phenoxy) is 1. The second-order valence-electron chi connectivity index (χ2n) is 5.42. The Kier molecular flexibility index (Phi) is 41.3. The van der Waals surface area contributed by atoms with E-state index in [9.17, 15) is 0 Å². The average molecular weight is 473 g/mol. The smallest absolute Gasteiger partial charge is 0 e. The first-order chi connectivity index (χ1) is 15.3. The predicted octanol–water partition coefficient (Wildman–Crippen LogP) is 5.52. The van der Waals surface area contributed by atoms with Gasteiger partial charge in [0.2, 0.25) is 0 Å². The van der Waals surface area contributed by atoms with Gasteiger partial charge in [0.1, 0.15) is 5.76 Å². The minimum absolute atomic E-state index is 0. The van der Waals surface area contributed by atoms with Gasteiger partial charge in [-0.25, -0.2) is 0 Å². The molecule has 0 fully saturated rings. The predicted molar refractivity (Wildman–Crippen MR) is 110 cm³/mol. The molecule has 0 saturated carbocycles. The molecule has 0 unspecified atom stereocenters. The monoisotopic (exact) mass is 473 g/mol. The van der Waals surface area contributed by atoms with Gasteiger partial charge in [0.15, 0.2) is 0 Å². The van der Waals surface area contributed by atoms with Crippen molar-refractivity contribution in [2.45, 2.75) is 39.5 Å². The van der Waals surface area contributed by atoms with E-state index >= 15 is 0 Å². The summed E-state index contributed by atoms with van der Waals surface area (Å²) in [5.74, 6) is 0.944. The van der Waals surface area contributed by atoms with Crippen LogP contribution in [0.25, 0.3) is 5.57 Å². The van der Waals surface area contributed by atoms with Gasteiger partial charge in [-0.1, -0.05) is 63.1 Å². The quantitative estimate of drug-likeness (QED) is 0.393. The largest absolute Gasteiger partial charge is 0 e. The van der Waals surface area contributed by atoms with Gasteiger partial charge >= 0.3 is 56.5 Å². The van der Waals surface area contributed by atoms with Crippen LogP contribution in [-0.4, -0.2) is 7.11 Å². The third kappa shape index (κ3) is 17.2. The Morgan fingerprint density at radius 2 is 1.19 bits per heavy atom. The molecule has 0 saturated heterocycles. The van der Waals surface area contributed by atoms with E-state index in [4.69, 9.17) is 28.0 Å². The summed E-state index contributed by atoms with van der Waals surface area (Å²) in [6.45, 7) is 27.0. The molecule has 0 N–H and O–H groups in total. The third-order valence-corrected chi connectivity index (χ3v) is 3.70. The Morgan fingerprint density at radius 1 is 0.719 bits per heavy atom. The van der Waals surface area contributed by atoms with Crippen LogP contribution in [0, 0.1) is 39.7 Å². The fourth-order valence-corrected chi connectivity index (χ4v) is 2.72. The van der Waals surface area contributed by atoms with E-state index in [0.29, 0.717) is 0 Å². The maximum atomic E-state index is 7.50. The van der Waals surface area contributed by atoms with Crippen molar-refractivity contribution in [3.63, 3.8) is 0 Å². The minimum Gasteiger partial charge on any atom is 0 e. The molecule has 0 aromatic heterocycles. The van der Waals surface area contributed by atoms with Gasteiger partial charge in [0, 0.05) is 17.4 Å². The maximum Gasteiger partial charge on any atom is 0 e. The molecule has 0 bridgehead atoms. The Morgan fingerprint density at radius 3 is 1.59 bits per heavy atom. The standard InChI is InChI=1S/C20H25O.5CO.Cr/c1-4-9-16-13-18(10-5-2)20(15-19(14-16)21-3)17-11-7-6-8-12-17;5*1-2;/h6-8,11-15H,4-5,9-10H2,1-3H3;;;;;;. The van der Waals surface area contributed by atoms with Crippen molar-refractivity contribution < 1.29 is 45.4 Å². The first-order valence-electron chi connectivity index (χ1n) is 8.90. The maximum absolute atomic E-state index is 7.50. The van der Waals surface area contributed by atoms with E-state index in [0.717, 1.165) is 31.4 Å². The fourth-order valence-electron chi connectivity index (χ4n) is 2.72. The minimum atomic E-state index is 0. The number of methoxy groups -OCH3 is 1. The molecule has 0 spiro atoms. The second-order valence-corrected chi connectivity index (χ2v) is 5.42. The summed E-state index contributed by atoms with van der Waals surface area (Å²) < 4.78 is 43.1. The van der Waals surface area contributed by atoms with Crippen LogP contribution < -0.4 is 0 Å². The average Bonchev–Trinajstić information content (AvgIpc) is 3.05. The first-order valence-corrected chi connectivity index (χ1v) is 8.90. The zero-order valence-electron chi connectivity index (χ0n) is 18.3. The molecule has 1 radical (unpaired) electrons. The van der Waals surface area contributed by atoms with Gasteiger partial charge < -0.3 is 4.74 Å². The van der Waals surface area contributed by atoms with Crippen molar-refractivity contribution in [1.29, 1.82) is 0 Å². The number of hydrogen-bond acceptors (Lipinski definition) is 1. The van der Waals surface area contributed by atoms with Crippen LogP contribution in [0.3, 0.4) is 0 Å². The molecule has 0 amide bonds.